The number of ketones is 1. The zero-order valence-electron chi connectivity index (χ0n) is 16.8. The molecular formula is C23H22FNO3S2. The Balaban J connectivity index is 1.74. The van der Waals surface area contributed by atoms with Gasteiger partial charge in [0.1, 0.15) is 11.6 Å². The molecule has 0 bridgehead atoms. The first kappa shape index (κ1) is 22.1. The number of halogens is 1. The number of carbonyl (C=O) groups is 2. The third-order valence-electron chi connectivity index (χ3n) is 4.52. The number of thiophene rings is 1. The Labute approximate surface area is 183 Å². The molecule has 0 unspecified atom stereocenters. The normalized spacial score (nSPS) is 10.6. The molecule has 0 radical (unpaired) electrons. The molecule has 0 saturated heterocycles. The Bertz CT molecular complexity index is 1020. The van der Waals surface area contributed by atoms with Crippen LogP contribution in [-0.2, 0) is 17.9 Å². The van der Waals surface area contributed by atoms with Crippen molar-refractivity contribution in [3.05, 3.63) is 81.8 Å². The summed E-state index contributed by atoms with van der Waals surface area (Å²) in [6, 6.07) is 15.9. The van der Waals surface area contributed by atoms with Crippen molar-refractivity contribution in [2.24, 2.45) is 0 Å². The van der Waals surface area contributed by atoms with Gasteiger partial charge in [-0.15, -0.1) is 23.1 Å². The van der Waals surface area contributed by atoms with E-state index >= 15 is 0 Å². The maximum absolute atomic E-state index is 14.3. The number of Topliss-reactive ketones (excluding diaryl/α,β-unsaturated/α-hetero) is 1. The van der Waals surface area contributed by atoms with Crippen molar-refractivity contribution in [1.82, 2.24) is 4.90 Å². The van der Waals surface area contributed by atoms with E-state index < -0.39 is 5.82 Å². The molecule has 2 aromatic carbocycles. The molecule has 7 heteroatoms. The van der Waals surface area contributed by atoms with Crippen molar-refractivity contribution < 1.29 is 18.7 Å². The molecule has 4 nitrogen and oxygen atoms in total. The lowest BCUT2D eigenvalue weighted by Crippen LogP contribution is -2.31. The smallest absolute Gasteiger partial charge is 0.233 e. The van der Waals surface area contributed by atoms with E-state index in [9.17, 15) is 14.0 Å². The molecule has 0 saturated carbocycles. The number of hydrogen-bond acceptors (Lipinski definition) is 5. The summed E-state index contributed by atoms with van der Waals surface area (Å²) in [4.78, 5) is 27.6. The summed E-state index contributed by atoms with van der Waals surface area (Å²) in [5.41, 5.74) is 1.23. The number of carbonyl (C=O) groups excluding carboxylic acids is 2. The Morgan fingerprint density at radius 1 is 1.10 bits per heavy atom. The fourth-order valence-corrected chi connectivity index (χ4v) is 4.47. The third kappa shape index (κ3) is 5.70. The van der Waals surface area contributed by atoms with Crippen LogP contribution in [0, 0.1) is 5.82 Å². The zero-order valence-corrected chi connectivity index (χ0v) is 18.4. The van der Waals surface area contributed by atoms with E-state index in [1.807, 2.05) is 41.8 Å². The van der Waals surface area contributed by atoms with Crippen LogP contribution in [-0.4, -0.2) is 29.5 Å². The SMILES string of the molecule is COc1ccccc1CN(Cc1cccs1)C(=O)CSc1ccc(C(C)=O)cc1F. The first-order valence-electron chi connectivity index (χ1n) is 9.33. The molecule has 1 heterocycles. The lowest BCUT2D eigenvalue weighted by atomic mass is 10.1. The average molecular weight is 444 g/mol. The molecule has 0 aliphatic heterocycles. The predicted octanol–water partition coefficient (Wildman–Crippen LogP) is 5.42. The summed E-state index contributed by atoms with van der Waals surface area (Å²) in [6.45, 7) is 2.26. The average Bonchev–Trinajstić information content (AvgIpc) is 3.25. The second-order valence-electron chi connectivity index (χ2n) is 6.63. The van der Waals surface area contributed by atoms with Gasteiger partial charge in [-0.25, -0.2) is 4.39 Å². The van der Waals surface area contributed by atoms with E-state index in [2.05, 4.69) is 0 Å². The minimum absolute atomic E-state index is 0.0941. The lowest BCUT2D eigenvalue weighted by Gasteiger charge is -2.23. The van der Waals surface area contributed by atoms with Crippen LogP contribution < -0.4 is 4.74 Å². The summed E-state index contributed by atoms with van der Waals surface area (Å²) < 4.78 is 19.7. The number of thioether (sulfide) groups is 1. The van der Waals surface area contributed by atoms with Gasteiger partial charge < -0.3 is 9.64 Å². The predicted molar refractivity (Wildman–Crippen MR) is 119 cm³/mol. The molecule has 0 N–H and O–H groups in total. The van der Waals surface area contributed by atoms with Crippen LogP contribution in [0.15, 0.2) is 64.9 Å². The Hall–Kier alpha value is -2.64. The summed E-state index contributed by atoms with van der Waals surface area (Å²) in [5.74, 6) is 0.0291. The molecule has 0 fully saturated rings. The molecule has 0 spiro atoms. The highest BCUT2D eigenvalue weighted by atomic mass is 32.2. The van der Waals surface area contributed by atoms with Gasteiger partial charge in [-0.1, -0.05) is 30.3 Å². The van der Waals surface area contributed by atoms with E-state index in [0.717, 1.165) is 28.0 Å². The van der Waals surface area contributed by atoms with Crippen LogP contribution in [0.5, 0.6) is 5.75 Å². The van der Waals surface area contributed by atoms with Crippen molar-refractivity contribution in [1.29, 1.82) is 0 Å². The third-order valence-corrected chi connectivity index (χ3v) is 6.42. The van der Waals surface area contributed by atoms with Gasteiger partial charge in [0.15, 0.2) is 5.78 Å². The summed E-state index contributed by atoms with van der Waals surface area (Å²) in [7, 11) is 1.60. The van der Waals surface area contributed by atoms with Gasteiger partial charge >= 0.3 is 0 Å². The van der Waals surface area contributed by atoms with Crippen molar-refractivity contribution in [3.63, 3.8) is 0 Å². The standard InChI is InChI=1S/C23H22FNO3S2/c1-16(26)17-9-10-22(20(24)12-17)30-15-23(27)25(14-19-7-5-11-29-19)13-18-6-3-4-8-21(18)28-2/h3-12H,13-15H2,1-2H3. The molecule has 156 valence electrons. The van der Waals surface area contributed by atoms with Gasteiger partial charge in [0.25, 0.3) is 0 Å². The molecule has 0 aliphatic carbocycles. The molecule has 0 aliphatic rings. The Morgan fingerprint density at radius 2 is 1.90 bits per heavy atom. The van der Waals surface area contributed by atoms with E-state index in [-0.39, 0.29) is 17.4 Å². The van der Waals surface area contributed by atoms with Crippen molar-refractivity contribution in [2.45, 2.75) is 24.9 Å². The van der Waals surface area contributed by atoms with Crippen LogP contribution in [0.3, 0.4) is 0 Å². The van der Waals surface area contributed by atoms with Gasteiger partial charge in [0.2, 0.25) is 5.91 Å². The first-order valence-corrected chi connectivity index (χ1v) is 11.2. The first-order chi connectivity index (χ1) is 14.5. The Kier molecular flexibility index (Phi) is 7.65. The minimum atomic E-state index is -0.491. The van der Waals surface area contributed by atoms with E-state index in [4.69, 9.17) is 4.74 Å². The van der Waals surface area contributed by atoms with Crippen LogP contribution in [0.4, 0.5) is 4.39 Å². The molecular weight excluding hydrogens is 421 g/mol. The van der Waals surface area contributed by atoms with Crippen molar-refractivity contribution in [3.8, 4) is 5.75 Å². The van der Waals surface area contributed by atoms with Crippen LogP contribution in [0.25, 0.3) is 0 Å². The van der Waals surface area contributed by atoms with Crippen molar-refractivity contribution in [2.75, 3.05) is 12.9 Å². The van der Waals surface area contributed by atoms with Gasteiger partial charge in [-0.2, -0.15) is 0 Å². The topological polar surface area (TPSA) is 46.6 Å². The molecule has 3 rings (SSSR count). The number of methoxy groups -OCH3 is 1. The number of ether oxygens (including phenoxy) is 1. The lowest BCUT2D eigenvalue weighted by molar-refractivity contribution is -0.129. The summed E-state index contributed by atoms with van der Waals surface area (Å²) >= 11 is 2.72. The molecule has 30 heavy (non-hydrogen) atoms. The van der Waals surface area contributed by atoms with Crippen LogP contribution in [0.2, 0.25) is 0 Å². The highest BCUT2D eigenvalue weighted by Crippen LogP contribution is 2.26. The molecule has 3 aromatic rings. The van der Waals surface area contributed by atoms with Gasteiger partial charge in [0, 0.05) is 27.4 Å². The highest BCUT2D eigenvalue weighted by Gasteiger charge is 2.18. The maximum Gasteiger partial charge on any atom is 0.233 e. The molecule has 1 amide bonds. The number of nitrogens with zero attached hydrogens (tertiary/aromatic N) is 1. The van der Waals surface area contributed by atoms with Crippen molar-refractivity contribution >= 4 is 34.8 Å². The zero-order chi connectivity index (χ0) is 21.5. The number of para-hydroxylation sites is 1. The van der Waals surface area contributed by atoms with Gasteiger partial charge in [-0.3, -0.25) is 9.59 Å². The second-order valence-corrected chi connectivity index (χ2v) is 8.68. The molecule has 1 aromatic heterocycles. The summed E-state index contributed by atoms with van der Waals surface area (Å²) in [5, 5.41) is 1.97. The second kappa shape index (κ2) is 10.4. The summed E-state index contributed by atoms with van der Waals surface area (Å²) in [6.07, 6.45) is 0. The van der Waals surface area contributed by atoms with E-state index in [0.29, 0.717) is 23.5 Å². The van der Waals surface area contributed by atoms with Gasteiger partial charge in [0.05, 0.1) is 19.4 Å². The van der Waals surface area contributed by atoms with Crippen LogP contribution in [0.1, 0.15) is 27.7 Å². The number of benzene rings is 2. The number of rotatable bonds is 9. The minimum Gasteiger partial charge on any atom is -0.496 e. The largest absolute Gasteiger partial charge is 0.496 e. The monoisotopic (exact) mass is 443 g/mol. The quantitative estimate of drug-likeness (QED) is 0.327. The molecule has 0 atom stereocenters. The fraction of sp³-hybridized carbons (Fsp3) is 0.217. The highest BCUT2D eigenvalue weighted by molar-refractivity contribution is 8.00. The van der Waals surface area contributed by atoms with E-state index in [1.54, 1.807) is 35.5 Å². The number of amides is 1. The fourth-order valence-electron chi connectivity index (χ4n) is 2.93. The van der Waals surface area contributed by atoms with E-state index in [1.165, 1.54) is 13.0 Å². The Morgan fingerprint density at radius 3 is 2.57 bits per heavy atom. The maximum atomic E-state index is 14.3. The van der Waals surface area contributed by atoms with Crippen LogP contribution >= 0.6 is 23.1 Å². The van der Waals surface area contributed by atoms with Gasteiger partial charge in [-0.05, 0) is 36.6 Å². The number of hydrogen-bond donors (Lipinski definition) is 0.